The Balaban J connectivity index is 1.40. The predicted octanol–water partition coefficient (Wildman–Crippen LogP) is 6.11. The highest BCUT2D eigenvalue weighted by Crippen LogP contribution is 2.35. The molecule has 3 aromatic rings. The van der Waals surface area contributed by atoms with Gasteiger partial charge in [0, 0.05) is 18.8 Å². The lowest BCUT2D eigenvalue weighted by Gasteiger charge is -2.29. The van der Waals surface area contributed by atoms with Crippen molar-refractivity contribution in [3.8, 4) is 0 Å². The Labute approximate surface area is 197 Å². The number of methoxy groups -OCH3 is 1. The molecule has 3 aromatic carbocycles. The van der Waals surface area contributed by atoms with Crippen LogP contribution in [0.3, 0.4) is 0 Å². The molecular weight excluding hydrogens is 410 g/mol. The van der Waals surface area contributed by atoms with Gasteiger partial charge in [-0.2, -0.15) is 0 Å². The molecule has 4 heteroatoms. The fourth-order valence-corrected chi connectivity index (χ4v) is 4.61. The molecule has 0 amide bonds. The molecule has 0 spiro atoms. The average molecular weight is 444 g/mol. The van der Waals surface area contributed by atoms with Gasteiger partial charge in [0.1, 0.15) is 6.61 Å². The Bertz CT molecular complexity index is 939. The molecule has 0 aliphatic heterocycles. The van der Waals surface area contributed by atoms with E-state index in [0.29, 0.717) is 5.92 Å². The summed E-state index contributed by atoms with van der Waals surface area (Å²) < 4.78 is 10.4. The number of anilines is 1. The second-order valence-corrected chi connectivity index (χ2v) is 8.78. The number of hydrogen-bond donors (Lipinski definition) is 0. The van der Waals surface area contributed by atoms with Crippen LogP contribution in [0.2, 0.25) is 0 Å². The first-order valence-corrected chi connectivity index (χ1v) is 11.8. The first-order valence-electron chi connectivity index (χ1n) is 11.8. The van der Waals surface area contributed by atoms with E-state index in [4.69, 9.17) is 4.74 Å². The highest BCUT2D eigenvalue weighted by molar-refractivity contribution is 5.70. The zero-order chi connectivity index (χ0) is 22.9. The van der Waals surface area contributed by atoms with Gasteiger partial charge in [0.05, 0.1) is 13.2 Å². The lowest BCUT2D eigenvalue weighted by molar-refractivity contribution is -0.148. The lowest BCUT2D eigenvalue weighted by atomic mass is 9.82. The van der Waals surface area contributed by atoms with Crippen LogP contribution >= 0.6 is 0 Å². The maximum atomic E-state index is 11.3. The van der Waals surface area contributed by atoms with E-state index in [1.165, 1.54) is 29.5 Å². The van der Waals surface area contributed by atoms with E-state index < -0.39 is 0 Å². The molecule has 1 fully saturated rings. The first-order chi connectivity index (χ1) is 16.2. The van der Waals surface area contributed by atoms with Crippen LogP contribution in [-0.2, 0) is 27.4 Å². The number of nitrogens with zero attached hydrogens (tertiary/aromatic N) is 1. The minimum Gasteiger partial charge on any atom is -0.467 e. The van der Waals surface area contributed by atoms with Gasteiger partial charge in [-0.25, -0.2) is 4.79 Å². The molecule has 0 saturated heterocycles. The van der Waals surface area contributed by atoms with Crippen molar-refractivity contribution in [2.75, 3.05) is 18.6 Å². The zero-order valence-corrected chi connectivity index (χ0v) is 19.4. The lowest BCUT2D eigenvalue weighted by Crippen LogP contribution is -2.24. The van der Waals surface area contributed by atoms with Crippen LogP contribution in [0.15, 0.2) is 84.9 Å². The normalized spacial score (nSPS) is 18.0. The average Bonchev–Trinajstić information content (AvgIpc) is 2.88. The van der Waals surface area contributed by atoms with Crippen molar-refractivity contribution in [1.82, 2.24) is 0 Å². The maximum Gasteiger partial charge on any atom is 0.331 e. The van der Waals surface area contributed by atoms with Crippen molar-refractivity contribution in [3.63, 3.8) is 0 Å². The molecule has 0 atom stereocenters. The van der Waals surface area contributed by atoms with E-state index in [1.807, 2.05) is 0 Å². The third-order valence-corrected chi connectivity index (χ3v) is 6.50. The second kappa shape index (κ2) is 11.7. The summed E-state index contributed by atoms with van der Waals surface area (Å²) in [4.78, 5) is 13.7. The number of ether oxygens (including phenoxy) is 2. The third kappa shape index (κ3) is 6.69. The Morgan fingerprint density at radius 1 is 0.788 bits per heavy atom. The quantitative estimate of drug-likeness (QED) is 0.374. The number of carbonyl (C=O) groups excluding carboxylic acids is 1. The number of hydrogen-bond acceptors (Lipinski definition) is 4. The molecule has 0 aromatic heterocycles. The number of carbonyl (C=O) groups is 1. The molecule has 172 valence electrons. The molecule has 0 radical (unpaired) electrons. The standard InChI is InChI=1S/C29H33NO3/c1-32-29(31)22-33-28-18-14-26(15-19-28)25-12-16-27(17-13-25)30(20-23-8-4-2-5-9-23)21-24-10-6-3-7-11-24/h2-13,16-17,26,28H,14-15,18-22H2,1H3/t26-,28-. The van der Waals surface area contributed by atoms with E-state index in [2.05, 4.69) is 94.6 Å². The highest BCUT2D eigenvalue weighted by atomic mass is 16.6. The summed E-state index contributed by atoms with van der Waals surface area (Å²) in [5.74, 6) is 0.247. The van der Waals surface area contributed by atoms with Gasteiger partial charge in [0.2, 0.25) is 0 Å². The molecule has 1 aliphatic carbocycles. The second-order valence-electron chi connectivity index (χ2n) is 8.78. The van der Waals surface area contributed by atoms with Crippen molar-refractivity contribution in [3.05, 3.63) is 102 Å². The van der Waals surface area contributed by atoms with Gasteiger partial charge in [0.15, 0.2) is 0 Å². The van der Waals surface area contributed by atoms with Crippen LogP contribution in [0.25, 0.3) is 0 Å². The highest BCUT2D eigenvalue weighted by Gasteiger charge is 2.23. The van der Waals surface area contributed by atoms with Gasteiger partial charge < -0.3 is 14.4 Å². The van der Waals surface area contributed by atoms with E-state index >= 15 is 0 Å². The number of rotatable bonds is 9. The van der Waals surface area contributed by atoms with Crippen LogP contribution in [-0.4, -0.2) is 25.8 Å². The molecule has 4 rings (SSSR count). The molecule has 0 heterocycles. The topological polar surface area (TPSA) is 38.8 Å². The Hall–Kier alpha value is -3.11. The number of benzene rings is 3. The Kier molecular flexibility index (Phi) is 8.15. The summed E-state index contributed by atoms with van der Waals surface area (Å²) in [6.45, 7) is 1.80. The van der Waals surface area contributed by atoms with E-state index in [1.54, 1.807) is 0 Å². The van der Waals surface area contributed by atoms with Crippen molar-refractivity contribution in [2.45, 2.75) is 50.8 Å². The number of esters is 1. The van der Waals surface area contributed by atoms with Crippen molar-refractivity contribution < 1.29 is 14.3 Å². The molecule has 33 heavy (non-hydrogen) atoms. The Morgan fingerprint density at radius 3 is 1.85 bits per heavy atom. The molecule has 0 unspecified atom stereocenters. The largest absolute Gasteiger partial charge is 0.467 e. The minimum absolute atomic E-state index is 0.0548. The zero-order valence-electron chi connectivity index (χ0n) is 19.4. The van der Waals surface area contributed by atoms with Gasteiger partial charge in [0.25, 0.3) is 0 Å². The smallest absolute Gasteiger partial charge is 0.331 e. The third-order valence-electron chi connectivity index (χ3n) is 6.50. The minimum atomic E-state index is -0.303. The molecule has 4 nitrogen and oxygen atoms in total. The summed E-state index contributed by atoms with van der Waals surface area (Å²) in [6, 6.07) is 30.4. The summed E-state index contributed by atoms with van der Waals surface area (Å²) in [7, 11) is 1.40. The predicted molar refractivity (Wildman–Crippen MR) is 132 cm³/mol. The fraction of sp³-hybridized carbons (Fsp3) is 0.345. The van der Waals surface area contributed by atoms with Gasteiger partial charge in [-0.15, -0.1) is 0 Å². The van der Waals surface area contributed by atoms with Gasteiger partial charge in [-0.1, -0.05) is 72.8 Å². The van der Waals surface area contributed by atoms with Crippen LogP contribution in [0.4, 0.5) is 5.69 Å². The summed E-state index contributed by atoms with van der Waals surface area (Å²) in [5.41, 5.74) is 5.25. The van der Waals surface area contributed by atoms with Crippen LogP contribution in [0.1, 0.15) is 48.3 Å². The van der Waals surface area contributed by atoms with Gasteiger partial charge >= 0.3 is 5.97 Å². The van der Waals surface area contributed by atoms with E-state index in [-0.39, 0.29) is 18.7 Å². The summed E-state index contributed by atoms with van der Waals surface area (Å²) in [5, 5.41) is 0. The molecule has 0 N–H and O–H groups in total. The summed E-state index contributed by atoms with van der Waals surface area (Å²) in [6.07, 6.45) is 4.30. The van der Waals surface area contributed by atoms with E-state index in [0.717, 1.165) is 38.8 Å². The van der Waals surface area contributed by atoms with Gasteiger partial charge in [-0.3, -0.25) is 0 Å². The molecule has 0 bridgehead atoms. The van der Waals surface area contributed by atoms with Crippen molar-refractivity contribution in [2.24, 2.45) is 0 Å². The maximum absolute atomic E-state index is 11.3. The molecular formula is C29H33NO3. The fourth-order valence-electron chi connectivity index (χ4n) is 4.61. The molecule has 1 saturated carbocycles. The SMILES string of the molecule is COC(=O)CO[C@H]1CC[C@H](c2ccc(N(Cc3ccccc3)Cc3ccccc3)cc2)CC1. The van der Waals surface area contributed by atoms with Crippen molar-refractivity contribution in [1.29, 1.82) is 0 Å². The van der Waals surface area contributed by atoms with Crippen molar-refractivity contribution >= 4 is 11.7 Å². The van der Waals surface area contributed by atoms with E-state index in [9.17, 15) is 4.79 Å². The monoisotopic (exact) mass is 443 g/mol. The van der Waals surface area contributed by atoms with Gasteiger partial charge in [-0.05, 0) is 60.4 Å². The first kappa shape index (κ1) is 23.1. The molecule has 1 aliphatic rings. The van der Waals surface area contributed by atoms with Crippen LogP contribution in [0, 0.1) is 0 Å². The Morgan fingerprint density at radius 2 is 1.33 bits per heavy atom. The summed E-state index contributed by atoms with van der Waals surface area (Å²) >= 11 is 0. The van der Waals surface area contributed by atoms with Crippen LogP contribution in [0.5, 0.6) is 0 Å². The van der Waals surface area contributed by atoms with Crippen LogP contribution < -0.4 is 4.90 Å².